The smallest absolute Gasteiger partial charge is 0.259 e. The van der Waals surface area contributed by atoms with Gasteiger partial charge in [-0.15, -0.1) is 0 Å². The van der Waals surface area contributed by atoms with Crippen molar-refractivity contribution in [3.8, 4) is 0 Å². The van der Waals surface area contributed by atoms with Gasteiger partial charge in [-0.2, -0.15) is 4.98 Å². The van der Waals surface area contributed by atoms with Crippen molar-refractivity contribution in [2.24, 2.45) is 0 Å². The summed E-state index contributed by atoms with van der Waals surface area (Å²) in [7, 11) is 0. The number of carbonyl (C=O) groups excluding carboxylic acids is 1. The molecular weight excluding hydrogens is 380 g/mol. The molecule has 2 aromatic heterocycles. The van der Waals surface area contributed by atoms with Gasteiger partial charge in [-0.05, 0) is 39.8 Å². The summed E-state index contributed by atoms with van der Waals surface area (Å²) < 4.78 is 5.15. The van der Waals surface area contributed by atoms with Crippen molar-refractivity contribution in [2.75, 3.05) is 36.4 Å². The predicted molar refractivity (Wildman–Crippen MR) is 115 cm³/mol. The van der Waals surface area contributed by atoms with Gasteiger partial charge >= 0.3 is 0 Å². The van der Waals surface area contributed by atoms with Gasteiger partial charge in [0, 0.05) is 43.6 Å². The average molecular weight is 406 g/mol. The van der Waals surface area contributed by atoms with E-state index < -0.39 is 0 Å². The third-order valence-electron chi connectivity index (χ3n) is 5.29. The van der Waals surface area contributed by atoms with Crippen LogP contribution in [0.1, 0.15) is 33.1 Å². The Morgan fingerprint density at radius 2 is 1.70 bits per heavy atom. The van der Waals surface area contributed by atoms with Crippen LogP contribution in [0.25, 0.3) is 0 Å². The minimum Gasteiger partial charge on any atom is -0.361 e. The van der Waals surface area contributed by atoms with Gasteiger partial charge in [-0.3, -0.25) is 4.79 Å². The Hall–Kier alpha value is -3.42. The van der Waals surface area contributed by atoms with Crippen LogP contribution in [0.5, 0.6) is 0 Å². The number of nitrogens with zero attached hydrogens (tertiary/aromatic N) is 5. The number of hydrogen-bond acceptors (Lipinski definition) is 7. The second-order valence-corrected chi connectivity index (χ2v) is 7.66. The minimum absolute atomic E-state index is 0.0218. The molecule has 30 heavy (non-hydrogen) atoms. The van der Waals surface area contributed by atoms with Crippen LogP contribution in [-0.2, 0) is 0 Å². The molecule has 3 heterocycles. The topological polar surface area (TPSA) is 87.4 Å². The van der Waals surface area contributed by atoms with Crippen molar-refractivity contribution in [2.45, 2.75) is 27.7 Å². The second kappa shape index (κ2) is 8.14. The van der Waals surface area contributed by atoms with Gasteiger partial charge in [0.05, 0.1) is 5.69 Å². The third-order valence-corrected chi connectivity index (χ3v) is 5.29. The molecule has 0 spiro atoms. The lowest BCUT2D eigenvalue weighted by Crippen LogP contribution is -2.49. The van der Waals surface area contributed by atoms with Crippen molar-refractivity contribution in [1.82, 2.24) is 20.0 Å². The van der Waals surface area contributed by atoms with Gasteiger partial charge in [0.15, 0.2) is 0 Å². The molecule has 0 radical (unpaired) electrons. The van der Waals surface area contributed by atoms with Crippen molar-refractivity contribution >= 4 is 23.4 Å². The standard InChI is InChI=1S/C22H26N6O2/c1-14-5-7-18(8-6-14)24-22-23-15(2)13-19(25-22)27-9-11-28(12-10-27)21(29)20-16(3)26-30-17(20)4/h5-8,13H,9-12H2,1-4H3,(H,23,24,25). The molecule has 1 aliphatic heterocycles. The molecule has 1 aromatic carbocycles. The number of aromatic nitrogens is 3. The fourth-order valence-corrected chi connectivity index (χ4v) is 3.62. The highest BCUT2D eigenvalue weighted by molar-refractivity contribution is 5.96. The molecule has 8 heteroatoms. The van der Waals surface area contributed by atoms with E-state index in [-0.39, 0.29) is 5.91 Å². The quantitative estimate of drug-likeness (QED) is 0.710. The number of anilines is 3. The second-order valence-electron chi connectivity index (χ2n) is 7.66. The SMILES string of the molecule is Cc1ccc(Nc2nc(C)cc(N3CCN(C(=O)c4c(C)noc4C)CC3)n2)cc1. The third kappa shape index (κ3) is 4.12. The van der Waals surface area contributed by atoms with Gasteiger partial charge in [0.1, 0.15) is 17.1 Å². The van der Waals surface area contributed by atoms with E-state index in [1.54, 1.807) is 13.8 Å². The largest absolute Gasteiger partial charge is 0.361 e. The zero-order valence-corrected chi connectivity index (χ0v) is 17.8. The fourth-order valence-electron chi connectivity index (χ4n) is 3.62. The molecule has 0 unspecified atom stereocenters. The van der Waals surface area contributed by atoms with E-state index in [0.29, 0.717) is 49.1 Å². The Balaban J connectivity index is 1.45. The molecule has 1 aliphatic rings. The zero-order valence-electron chi connectivity index (χ0n) is 17.8. The Labute approximate surface area is 175 Å². The van der Waals surface area contributed by atoms with Crippen LogP contribution in [-0.4, -0.2) is 52.1 Å². The molecule has 0 atom stereocenters. The van der Waals surface area contributed by atoms with Gasteiger partial charge in [-0.1, -0.05) is 22.9 Å². The molecule has 0 bridgehead atoms. The number of benzene rings is 1. The lowest BCUT2D eigenvalue weighted by molar-refractivity contribution is 0.0744. The Bertz CT molecular complexity index is 1030. The molecule has 156 valence electrons. The van der Waals surface area contributed by atoms with Crippen LogP contribution >= 0.6 is 0 Å². The summed E-state index contributed by atoms with van der Waals surface area (Å²) in [5.41, 5.74) is 4.26. The Morgan fingerprint density at radius 3 is 2.33 bits per heavy atom. The molecule has 1 fully saturated rings. The van der Waals surface area contributed by atoms with Crippen LogP contribution in [0.3, 0.4) is 0 Å². The van der Waals surface area contributed by atoms with Crippen molar-refractivity contribution in [1.29, 1.82) is 0 Å². The van der Waals surface area contributed by atoms with E-state index >= 15 is 0 Å². The number of aryl methyl sites for hydroxylation is 4. The molecule has 4 rings (SSSR count). The van der Waals surface area contributed by atoms with Crippen molar-refractivity contribution < 1.29 is 9.32 Å². The first kappa shape index (κ1) is 19.9. The van der Waals surface area contributed by atoms with E-state index in [2.05, 4.69) is 27.3 Å². The summed E-state index contributed by atoms with van der Waals surface area (Å²) >= 11 is 0. The molecule has 3 aromatic rings. The van der Waals surface area contributed by atoms with Crippen LogP contribution in [0, 0.1) is 27.7 Å². The summed E-state index contributed by atoms with van der Waals surface area (Å²) in [6.07, 6.45) is 0. The van der Waals surface area contributed by atoms with Crippen molar-refractivity contribution in [3.63, 3.8) is 0 Å². The highest BCUT2D eigenvalue weighted by Crippen LogP contribution is 2.21. The predicted octanol–water partition coefficient (Wildman–Crippen LogP) is 3.40. The first-order valence-electron chi connectivity index (χ1n) is 10.1. The molecule has 1 N–H and O–H groups in total. The van der Waals surface area contributed by atoms with E-state index in [0.717, 1.165) is 17.2 Å². The molecular formula is C22H26N6O2. The fraction of sp³-hybridized carbons (Fsp3) is 0.364. The summed E-state index contributed by atoms with van der Waals surface area (Å²) in [6.45, 7) is 10.2. The van der Waals surface area contributed by atoms with Crippen LogP contribution < -0.4 is 10.2 Å². The van der Waals surface area contributed by atoms with E-state index in [1.807, 2.05) is 42.2 Å². The normalized spacial score (nSPS) is 14.1. The molecule has 0 saturated carbocycles. The monoisotopic (exact) mass is 406 g/mol. The summed E-state index contributed by atoms with van der Waals surface area (Å²) in [5, 5.41) is 7.17. The van der Waals surface area contributed by atoms with Crippen molar-refractivity contribution in [3.05, 3.63) is 58.6 Å². The van der Waals surface area contributed by atoms with Crippen LogP contribution in [0.4, 0.5) is 17.5 Å². The number of piperazine rings is 1. The number of carbonyl (C=O) groups is 1. The first-order valence-corrected chi connectivity index (χ1v) is 10.1. The number of rotatable bonds is 4. The molecule has 0 aliphatic carbocycles. The summed E-state index contributed by atoms with van der Waals surface area (Å²) in [6, 6.07) is 10.1. The van der Waals surface area contributed by atoms with Gasteiger partial charge in [-0.25, -0.2) is 4.98 Å². The number of nitrogens with one attached hydrogen (secondary N) is 1. The average Bonchev–Trinajstić information content (AvgIpc) is 3.07. The van der Waals surface area contributed by atoms with Crippen LogP contribution in [0.15, 0.2) is 34.9 Å². The molecule has 1 amide bonds. The lowest BCUT2D eigenvalue weighted by Gasteiger charge is -2.35. The van der Waals surface area contributed by atoms with E-state index in [4.69, 9.17) is 9.51 Å². The maximum Gasteiger partial charge on any atom is 0.259 e. The maximum absolute atomic E-state index is 12.9. The minimum atomic E-state index is -0.0218. The number of amides is 1. The van der Waals surface area contributed by atoms with Gasteiger partial charge in [0.2, 0.25) is 5.95 Å². The van der Waals surface area contributed by atoms with E-state index in [9.17, 15) is 4.79 Å². The highest BCUT2D eigenvalue weighted by Gasteiger charge is 2.27. The molecule has 8 nitrogen and oxygen atoms in total. The van der Waals surface area contributed by atoms with Crippen LogP contribution in [0.2, 0.25) is 0 Å². The summed E-state index contributed by atoms with van der Waals surface area (Å²) in [4.78, 5) is 26.1. The maximum atomic E-state index is 12.9. The Morgan fingerprint density at radius 1 is 1.00 bits per heavy atom. The molecule has 1 saturated heterocycles. The Kier molecular flexibility index (Phi) is 5.39. The summed E-state index contributed by atoms with van der Waals surface area (Å²) in [5.74, 6) is 1.98. The highest BCUT2D eigenvalue weighted by atomic mass is 16.5. The van der Waals surface area contributed by atoms with Gasteiger partial charge in [0.25, 0.3) is 5.91 Å². The lowest BCUT2D eigenvalue weighted by atomic mass is 10.1. The van der Waals surface area contributed by atoms with E-state index in [1.165, 1.54) is 5.56 Å². The number of hydrogen-bond donors (Lipinski definition) is 1. The first-order chi connectivity index (χ1) is 14.4. The van der Waals surface area contributed by atoms with Gasteiger partial charge < -0.3 is 19.6 Å². The zero-order chi connectivity index (χ0) is 21.3.